The van der Waals surface area contributed by atoms with Crippen LogP contribution in [0.5, 0.6) is 0 Å². The molecule has 17 heavy (non-hydrogen) atoms. The molecule has 0 amide bonds. The van der Waals surface area contributed by atoms with Gasteiger partial charge in [-0.05, 0) is 25.7 Å². The van der Waals surface area contributed by atoms with Crippen molar-refractivity contribution in [1.29, 1.82) is 0 Å². The second-order valence-corrected chi connectivity index (χ2v) is 4.48. The molecule has 0 aromatic heterocycles. The molecule has 2 aliphatic rings. The molecule has 0 atom stereocenters. The predicted octanol–water partition coefficient (Wildman–Crippen LogP) is 4.63. The Balaban J connectivity index is 0.000000229. The Kier molecular flexibility index (Phi) is 10.2. The summed E-state index contributed by atoms with van der Waals surface area (Å²) < 4.78 is 0. The Bertz CT molecular complexity index is 261. The van der Waals surface area contributed by atoms with Gasteiger partial charge in [0.1, 0.15) is 5.78 Å². The maximum atomic E-state index is 10.3. The topological polar surface area (TPSA) is 17.1 Å². The van der Waals surface area contributed by atoms with E-state index in [1.165, 1.54) is 0 Å². The average Bonchev–Trinajstić information content (AvgIpc) is 2.96. The highest BCUT2D eigenvalue weighted by molar-refractivity contribution is 5.75. The number of carbonyl (C=O) groups is 1. The van der Waals surface area contributed by atoms with Crippen LogP contribution in [0.15, 0.2) is 48.6 Å². The van der Waals surface area contributed by atoms with Crippen LogP contribution in [0.2, 0.25) is 0 Å². The van der Waals surface area contributed by atoms with Crippen molar-refractivity contribution in [2.24, 2.45) is 5.92 Å². The van der Waals surface area contributed by atoms with Crippen LogP contribution < -0.4 is 0 Å². The summed E-state index contributed by atoms with van der Waals surface area (Å²) >= 11 is 0. The summed E-state index contributed by atoms with van der Waals surface area (Å²) in [5.41, 5.74) is 0. The molecule has 94 valence electrons. The van der Waals surface area contributed by atoms with Crippen LogP contribution in [-0.2, 0) is 4.79 Å². The number of hydrogen-bond acceptors (Lipinski definition) is 1. The number of Topliss-reactive ketones (excluding diaryl/α,β-unsaturated/α-hetero) is 1. The van der Waals surface area contributed by atoms with E-state index in [-0.39, 0.29) is 5.78 Å². The number of allylic oxidation sites excluding steroid dienone is 8. The molecule has 1 heteroatoms. The third-order valence-electron chi connectivity index (χ3n) is 2.01. The van der Waals surface area contributed by atoms with Crippen molar-refractivity contribution in [1.82, 2.24) is 0 Å². The van der Waals surface area contributed by atoms with Crippen molar-refractivity contribution >= 4 is 5.78 Å². The molecule has 0 bridgehead atoms. The van der Waals surface area contributed by atoms with E-state index in [0.29, 0.717) is 5.92 Å². The van der Waals surface area contributed by atoms with Gasteiger partial charge in [0, 0.05) is 6.42 Å². The van der Waals surface area contributed by atoms with Crippen LogP contribution in [-0.4, -0.2) is 5.78 Å². The molecule has 0 unspecified atom stereocenters. The van der Waals surface area contributed by atoms with Crippen molar-refractivity contribution in [3.8, 4) is 0 Å². The van der Waals surface area contributed by atoms with Crippen molar-refractivity contribution in [3.05, 3.63) is 48.6 Å². The maximum Gasteiger partial charge on any atom is 0.130 e. The summed E-state index contributed by atoms with van der Waals surface area (Å²) in [6.07, 6.45) is 19.7. The molecular weight excluding hydrogens is 208 g/mol. The highest BCUT2D eigenvalue weighted by Gasteiger charge is 1.95. The number of rotatable bonds is 2. The summed E-state index contributed by atoms with van der Waals surface area (Å²) in [6, 6.07) is 0. The minimum absolute atomic E-state index is 0.287. The lowest BCUT2D eigenvalue weighted by Crippen LogP contribution is -1.95. The zero-order valence-corrected chi connectivity index (χ0v) is 11.2. The number of ketones is 1. The van der Waals surface area contributed by atoms with Crippen molar-refractivity contribution in [3.63, 3.8) is 0 Å². The van der Waals surface area contributed by atoms with Gasteiger partial charge < -0.3 is 4.79 Å². The zero-order valence-electron chi connectivity index (χ0n) is 11.2. The summed E-state index contributed by atoms with van der Waals surface area (Å²) in [4.78, 5) is 10.3. The van der Waals surface area contributed by atoms with Crippen molar-refractivity contribution in [2.75, 3.05) is 0 Å². The molecule has 2 rings (SSSR count). The first kappa shape index (κ1) is 15.6. The Hall–Kier alpha value is -1.37. The smallest absolute Gasteiger partial charge is 0.130 e. The largest absolute Gasteiger partial charge is 0.300 e. The molecule has 0 fully saturated rings. The average molecular weight is 232 g/mol. The van der Waals surface area contributed by atoms with Gasteiger partial charge in [-0.3, -0.25) is 0 Å². The van der Waals surface area contributed by atoms with Gasteiger partial charge in [0.25, 0.3) is 0 Å². The molecule has 0 aliphatic heterocycles. The van der Waals surface area contributed by atoms with Crippen LogP contribution in [0.4, 0.5) is 0 Å². The van der Waals surface area contributed by atoms with E-state index in [2.05, 4.69) is 48.6 Å². The van der Waals surface area contributed by atoms with Crippen LogP contribution >= 0.6 is 0 Å². The predicted molar refractivity (Wildman–Crippen MR) is 75.9 cm³/mol. The Morgan fingerprint density at radius 2 is 1.29 bits per heavy atom. The second kappa shape index (κ2) is 11.1. The summed E-state index contributed by atoms with van der Waals surface area (Å²) in [5.74, 6) is 0.813. The van der Waals surface area contributed by atoms with Gasteiger partial charge in [-0.2, -0.15) is 0 Å². The molecule has 0 aromatic rings. The van der Waals surface area contributed by atoms with Crippen LogP contribution in [0, 0.1) is 5.92 Å². The fraction of sp³-hybridized carbons (Fsp3) is 0.438. The van der Waals surface area contributed by atoms with Gasteiger partial charge in [0.15, 0.2) is 0 Å². The quantitative estimate of drug-likeness (QED) is 0.678. The van der Waals surface area contributed by atoms with E-state index in [4.69, 9.17) is 0 Å². The van der Waals surface area contributed by atoms with Crippen LogP contribution in [0.1, 0.15) is 40.0 Å². The molecule has 0 spiro atoms. The first-order valence-corrected chi connectivity index (χ1v) is 6.25. The molecule has 0 saturated heterocycles. The molecular formula is C16H24O. The van der Waals surface area contributed by atoms with E-state index >= 15 is 0 Å². The summed E-state index contributed by atoms with van der Waals surface area (Å²) in [5, 5.41) is 0. The van der Waals surface area contributed by atoms with Gasteiger partial charge in [-0.15, -0.1) is 0 Å². The minimum atomic E-state index is 0.287. The Labute approximate surface area is 106 Å². The van der Waals surface area contributed by atoms with E-state index in [9.17, 15) is 4.79 Å². The third kappa shape index (κ3) is 14.6. The van der Waals surface area contributed by atoms with Crippen LogP contribution in [0.3, 0.4) is 0 Å². The summed E-state index contributed by atoms with van der Waals surface area (Å²) in [7, 11) is 0. The second-order valence-electron chi connectivity index (χ2n) is 4.48. The van der Waals surface area contributed by atoms with E-state index < -0.39 is 0 Å². The fourth-order valence-corrected chi connectivity index (χ4v) is 1.36. The highest BCUT2D eigenvalue weighted by Crippen LogP contribution is 1.97. The zero-order chi connectivity index (χ0) is 12.9. The van der Waals surface area contributed by atoms with Gasteiger partial charge in [-0.1, -0.05) is 62.5 Å². The Morgan fingerprint density at radius 1 is 0.941 bits per heavy atom. The number of carbonyl (C=O) groups excluding carboxylic acids is 1. The SMILES string of the molecule is C1=CCC=C1.C1=CCC=C1.CC(=O)CC(C)C. The lowest BCUT2D eigenvalue weighted by Gasteiger charge is -1.95. The molecule has 0 N–H and O–H groups in total. The fourth-order valence-electron chi connectivity index (χ4n) is 1.36. The lowest BCUT2D eigenvalue weighted by atomic mass is 10.1. The van der Waals surface area contributed by atoms with Gasteiger partial charge >= 0.3 is 0 Å². The maximum absolute atomic E-state index is 10.3. The minimum Gasteiger partial charge on any atom is -0.300 e. The molecule has 0 radical (unpaired) electrons. The van der Waals surface area contributed by atoms with E-state index in [0.717, 1.165) is 19.3 Å². The van der Waals surface area contributed by atoms with Gasteiger partial charge in [-0.25, -0.2) is 0 Å². The van der Waals surface area contributed by atoms with E-state index in [1.807, 2.05) is 13.8 Å². The van der Waals surface area contributed by atoms with Crippen molar-refractivity contribution in [2.45, 2.75) is 40.0 Å². The molecule has 0 saturated carbocycles. The summed E-state index contributed by atoms with van der Waals surface area (Å²) in [6.45, 7) is 5.71. The van der Waals surface area contributed by atoms with Crippen molar-refractivity contribution < 1.29 is 4.79 Å². The Morgan fingerprint density at radius 3 is 1.35 bits per heavy atom. The first-order valence-electron chi connectivity index (χ1n) is 6.25. The standard InChI is InChI=1S/C6H12O.2C5H6/c1-5(2)4-6(3)7;2*1-2-4-5-3-1/h5H,4H2,1-3H3;2*1-4H,5H2. The van der Waals surface area contributed by atoms with Crippen LogP contribution in [0.25, 0.3) is 0 Å². The molecule has 0 heterocycles. The monoisotopic (exact) mass is 232 g/mol. The highest BCUT2D eigenvalue weighted by atomic mass is 16.1. The van der Waals surface area contributed by atoms with Gasteiger partial charge in [0.2, 0.25) is 0 Å². The van der Waals surface area contributed by atoms with Gasteiger partial charge in [0.05, 0.1) is 0 Å². The first-order chi connectivity index (χ1) is 8.13. The third-order valence-corrected chi connectivity index (χ3v) is 2.01. The molecule has 2 aliphatic carbocycles. The lowest BCUT2D eigenvalue weighted by molar-refractivity contribution is -0.117. The normalized spacial score (nSPS) is 14.4. The van der Waals surface area contributed by atoms with E-state index in [1.54, 1.807) is 6.92 Å². The number of hydrogen-bond donors (Lipinski definition) is 0. The molecule has 1 nitrogen and oxygen atoms in total. The molecule has 0 aromatic carbocycles.